The van der Waals surface area contributed by atoms with Gasteiger partial charge in [0.05, 0.1) is 19.6 Å². The third-order valence-corrected chi connectivity index (χ3v) is 5.69. The number of ether oxygens (including phenoxy) is 2. The fourth-order valence-corrected chi connectivity index (χ4v) is 4.56. The summed E-state index contributed by atoms with van der Waals surface area (Å²) < 4.78 is 11.1. The molecule has 0 aliphatic carbocycles. The van der Waals surface area contributed by atoms with Crippen molar-refractivity contribution in [3.8, 4) is 0 Å². The van der Waals surface area contributed by atoms with Crippen LogP contribution in [-0.2, 0) is 19.1 Å². The quantitative estimate of drug-likeness (QED) is 0.634. The van der Waals surface area contributed by atoms with Gasteiger partial charge in [0, 0.05) is 5.56 Å². The van der Waals surface area contributed by atoms with Crippen LogP contribution in [-0.4, -0.2) is 41.2 Å². The zero-order valence-corrected chi connectivity index (χ0v) is 16.3. The molecule has 1 N–H and O–H groups in total. The molecular formula is C23H24NO5+. The Bertz CT molecular complexity index is 940. The molecule has 0 unspecified atom stereocenters. The number of hydrogen-bond donors (Lipinski definition) is 1. The van der Waals surface area contributed by atoms with Crippen LogP contribution >= 0.6 is 0 Å². The van der Waals surface area contributed by atoms with Crippen molar-refractivity contribution >= 4 is 11.9 Å². The molecule has 4 rings (SSSR count). The maximum Gasteiger partial charge on any atom is 0.396 e. The van der Waals surface area contributed by atoms with E-state index in [0.29, 0.717) is 13.0 Å². The first kappa shape index (κ1) is 19.2. The van der Waals surface area contributed by atoms with Crippen molar-refractivity contribution < 1.29 is 28.7 Å². The normalized spacial score (nSPS) is 26.4. The van der Waals surface area contributed by atoms with E-state index in [2.05, 4.69) is 0 Å². The molecule has 2 aromatic rings. The van der Waals surface area contributed by atoms with Crippen molar-refractivity contribution in [1.82, 2.24) is 0 Å². The maximum atomic E-state index is 12.8. The van der Waals surface area contributed by atoms with Crippen molar-refractivity contribution in [1.29, 1.82) is 0 Å². The monoisotopic (exact) mass is 394 g/mol. The van der Waals surface area contributed by atoms with E-state index in [1.54, 1.807) is 6.92 Å². The molecule has 2 heterocycles. The van der Waals surface area contributed by atoms with Gasteiger partial charge in [-0.3, -0.25) is 4.48 Å². The summed E-state index contributed by atoms with van der Waals surface area (Å²) in [6.45, 7) is 2.32. The fraction of sp³-hybridized carbons (Fsp3) is 0.304. The van der Waals surface area contributed by atoms with E-state index < -0.39 is 18.0 Å². The van der Waals surface area contributed by atoms with Crippen LogP contribution < -0.4 is 0 Å². The molecule has 0 saturated carbocycles. The van der Waals surface area contributed by atoms with E-state index in [9.17, 15) is 14.7 Å². The topological polar surface area (TPSA) is 72.8 Å². The molecule has 0 radical (unpaired) electrons. The Labute approximate surface area is 169 Å². The number of esters is 2. The average molecular weight is 394 g/mol. The van der Waals surface area contributed by atoms with Gasteiger partial charge in [0.2, 0.25) is 0 Å². The summed E-state index contributed by atoms with van der Waals surface area (Å²) in [5.41, 5.74) is 1.95. The molecule has 2 aromatic carbocycles. The van der Waals surface area contributed by atoms with Crippen LogP contribution in [0.3, 0.4) is 0 Å². The Morgan fingerprint density at radius 3 is 2.34 bits per heavy atom. The lowest BCUT2D eigenvalue weighted by Crippen LogP contribution is -2.58. The van der Waals surface area contributed by atoms with Crippen LogP contribution in [0, 0.1) is 0 Å². The maximum absolute atomic E-state index is 12.8. The third kappa shape index (κ3) is 3.29. The number of aliphatic hydroxyl groups is 1. The highest BCUT2D eigenvalue weighted by atomic mass is 16.6. The van der Waals surface area contributed by atoms with Crippen LogP contribution in [0.4, 0.5) is 0 Å². The number of carbonyl (C=O) groups is 2. The van der Waals surface area contributed by atoms with Gasteiger partial charge in [-0.25, -0.2) is 9.59 Å². The lowest BCUT2D eigenvalue weighted by molar-refractivity contribution is -0.917. The zero-order valence-electron chi connectivity index (χ0n) is 16.3. The first-order valence-electron chi connectivity index (χ1n) is 9.83. The van der Waals surface area contributed by atoms with Crippen molar-refractivity contribution in [2.75, 3.05) is 19.7 Å². The molecule has 1 spiro atoms. The summed E-state index contributed by atoms with van der Waals surface area (Å²) in [7, 11) is 0. The highest BCUT2D eigenvalue weighted by Gasteiger charge is 2.59. The highest BCUT2D eigenvalue weighted by molar-refractivity contribution is 5.88. The van der Waals surface area contributed by atoms with Crippen LogP contribution in [0.2, 0.25) is 0 Å². The SMILES string of the molecule is CCOC(=O)C1=C(O)CC[N@+]12CC(=O)O[C@@H](c1ccccc1)[C@@H]2c1ccccc1. The van der Waals surface area contributed by atoms with Gasteiger partial charge in [0.25, 0.3) is 5.70 Å². The standard InChI is InChI=1S/C23H23NO5/c1-2-28-23(27)21-18(25)13-14-24(21)15-19(26)29-22(17-11-7-4-8-12-17)20(24)16-9-5-3-6-10-16/h3-12,20,22H,2,13-15H2,1H3/p+1/t20-,22-,24+/m0/s1. The zero-order chi connectivity index (χ0) is 20.4. The number of hydrogen-bond acceptors (Lipinski definition) is 5. The van der Waals surface area contributed by atoms with Gasteiger partial charge in [0.15, 0.2) is 24.4 Å². The van der Waals surface area contributed by atoms with Gasteiger partial charge in [-0.05, 0) is 12.5 Å². The molecule has 3 atom stereocenters. The molecule has 2 aliphatic heterocycles. The molecule has 29 heavy (non-hydrogen) atoms. The van der Waals surface area contributed by atoms with Gasteiger partial charge in [-0.1, -0.05) is 60.7 Å². The second-order valence-corrected chi connectivity index (χ2v) is 7.36. The van der Waals surface area contributed by atoms with Gasteiger partial charge in [0.1, 0.15) is 0 Å². The third-order valence-electron chi connectivity index (χ3n) is 5.69. The minimum absolute atomic E-state index is 0.00702. The molecule has 6 nitrogen and oxygen atoms in total. The summed E-state index contributed by atoms with van der Waals surface area (Å²) in [5, 5.41) is 10.6. The van der Waals surface area contributed by atoms with E-state index >= 15 is 0 Å². The smallest absolute Gasteiger partial charge is 0.396 e. The summed E-state index contributed by atoms with van der Waals surface area (Å²) >= 11 is 0. The van der Waals surface area contributed by atoms with E-state index in [1.807, 2.05) is 60.7 Å². The van der Waals surface area contributed by atoms with E-state index in [4.69, 9.17) is 9.47 Å². The summed E-state index contributed by atoms with van der Waals surface area (Å²) in [4.78, 5) is 25.6. The number of rotatable bonds is 4. The van der Waals surface area contributed by atoms with Crippen LogP contribution in [0.5, 0.6) is 0 Å². The minimum atomic E-state index is -0.588. The Hall–Kier alpha value is -3.12. The number of quaternary nitrogens is 1. The highest BCUT2D eigenvalue weighted by Crippen LogP contribution is 2.50. The Morgan fingerprint density at radius 1 is 1.10 bits per heavy atom. The lowest BCUT2D eigenvalue weighted by Gasteiger charge is -2.47. The largest absolute Gasteiger partial charge is 0.506 e. The molecule has 1 saturated heterocycles. The predicted octanol–water partition coefficient (Wildman–Crippen LogP) is 3.58. The average Bonchev–Trinajstić information content (AvgIpc) is 3.05. The summed E-state index contributed by atoms with van der Waals surface area (Å²) in [6.07, 6.45) is -0.276. The van der Waals surface area contributed by atoms with Crippen LogP contribution in [0.1, 0.15) is 36.6 Å². The van der Waals surface area contributed by atoms with Crippen molar-refractivity contribution in [3.05, 3.63) is 83.2 Å². The second-order valence-electron chi connectivity index (χ2n) is 7.36. The van der Waals surface area contributed by atoms with Gasteiger partial charge in [-0.15, -0.1) is 0 Å². The number of nitrogens with zero attached hydrogens (tertiary/aromatic N) is 1. The molecule has 0 bridgehead atoms. The van der Waals surface area contributed by atoms with E-state index in [0.717, 1.165) is 11.1 Å². The van der Waals surface area contributed by atoms with E-state index in [-0.39, 0.29) is 35.1 Å². The van der Waals surface area contributed by atoms with Crippen LogP contribution in [0.15, 0.2) is 72.1 Å². The first-order valence-corrected chi connectivity index (χ1v) is 9.83. The van der Waals surface area contributed by atoms with Crippen molar-refractivity contribution in [2.45, 2.75) is 25.5 Å². The molecule has 0 amide bonds. The summed E-state index contributed by atoms with van der Waals surface area (Å²) in [6, 6.07) is 18.9. The first-order chi connectivity index (χ1) is 14.1. The predicted molar refractivity (Wildman–Crippen MR) is 105 cm³/mol. The molecule has 6 heteroatoms. The fourth-order valence-electron chi connectivity index (χ4n) is 4.56. The van der Waals surface area contributed by atoms with Crippen LogP contribution in [0.25, 0.3) is 0 Å². The number of benzene rings is 2. The van der Waals surface area contributed by atoms with Crippen molar-refractivity contribution in [3.63, 3.8) is 0 Å². The number of cyclic esters (lactones) is 1. The minimum Gasteiger partial charge on any atom is -0.506 e. The number of aliphatic hydroxyl groups excluding tert-OH is 1. The Balaban J connectivity index is 1.91. The Morgan fingerprint density at radius 2 is 1.72 bits per heavy atom. The lowest BCUT2D eigenvalue weighted by atomic mass is 9.90. The number of morpholine rings is 1. The van der Waals surface area contributed by atoms with E-state index in [1.165, 1.54) is 0 Å². The molecule has 150 valence electrons. The number of carbonyl (C=O) groups excluding carboxylic acids is 2. The molecule has 0 aromatic heterocycles. The molecular weight excluding hydrogens is 370 g/mol. The Kier molecular flexibility index (Phi) is 5.11. The summed E-state index contributed by atoms with van der Waals surface area (Å²) in [5.74, 6) is -0.988. The van der Waals surface area contributed by atoms with Gasteiger partial charge >= 0.3 is 11.9 Å². The van der Waals surface area contributed by atoms with Gasteiger partial charge < -0.3 is 14.6 Å². The van der Waals surface area contributed by atoms with Crippen molar-refractivity contribution in [2.24, 2.45) is 0 Å². The second kappa shape index (κ2) is 7.72. The van der Waals surface area contributed by atoms with Gasteiger partial charge in [-0.2, -0.15) is 0 Å². The molecule has 2 aliphatic rings. The molecule has 1 fully saturated rings.